The molecule has 0 atom stereocenters. The van der Waals surface area contributed by atoms with Crippen LogP contribution in [-0.4, -0.2) is 5.71 Å². The van der Waals surface area contributed by atoms with Crippen molar-refractivity contribution in [1.82, 2.24) is 0 Å². The second kappa shape index (κ2) is 3.49. The van der Waals surface area contributed by atoms with Gasteiger partial charge in [0.05, 0.1) is 0 Å². The first-order valence-electron chi connectivity index (χ1n) is 3.69. The number of hydrogen-bond acceptors (Lipinski definition) is 2. The van der Waals surface area contributed by atoms with Crippen molar-refractivity contribution in [1.29, 1.82) is 0 Å². The minimum atomic E-state index is 1.14. The van der Waals surface area contributed by atoms with Crippen LogP contribution in [0.1, 0.15) is 38.5 Å². The zero-order valence-electron chi connectivity index (χ0n) is 5.77. The van der Waals surface area contributed by atoms with Crippen molar-refractivity contribution in [3.63, 3.8) is 0 Å². The maximum absolute atomic E-state index is 5.16. The molecule has 2 heteroatoms. The topological polar surface area (TPSA) is 38.4 Å². The van der Waals surface area contributed by atoms with Gasteiger partial charge in [-0.05, 0) is 25.7 Å². The highest BCUT2D eigenvalue weighted by Gasteiger charge is 2.03. The van der Waals surface area contributed by atoms with Crippen molar-refractivity contribution in [2.75, 3.05) is 0 Å². The molecule has 0 aliphatic heterocycles. The minimum absolute atomic E-state index is 1.14. The highest BCUT2D eigenvalue weighted by Crippen LogP contribution is 2.13. The first-order valence-corrected chi connectivity index (χ1v) is 3.69. The van der Waals surface area contributed by atoms with E-state index in [-0.39, 0.29) is 0 Å². The van der Waals surface area contributed by atoms with Gasteiger partial charge in [-0.25, -0.2) is 0 Å². The average Bonchev–Trinajstić information content (AvgIpc) is 2.13. The average molecular weight is 126 g/mol. The Labute approximate surface area is 56.1 Å². The van der Waals surface area contributed by atoms with Crippen molar-refractivity contribution >= 4 is 5.71 Å². The van der Waals surface area contributed by atoms with E-state index in [1.807, 2.05) is 0 Å². The molecule has 1 aliphatic rings. The SMILES string of the molecule is NN=C1CCCCCC1. The Balaban J connectivity index is 2.36. The molecule has 0 aromatic carbocycles. The Morgan fingerprint density at radius 3 is 2.00 bits per heavy atom. The summed E-state index contributed by atoms with van der Waals surface area (Å²) in [5.41, 5.74) is 1.22. The molecule has 9 heavy (non-hydrogen) atoms. The Bertz CT molecular complexity index is 97.5. The van der Waals surface area contributed by atoms with Crippen molar-refractivity contribution in [3.8, 4) is 0 Å². The first kappa shape index (κ1) is 6.59. The largest absolute Gasteiger partial charge is 0.323 e. The molecule has 0 saturated heterocycles. The van der Waals surface area contributed by atoms with Crippen LogP contribution in [0, 0.1) is 0 Å². The van der Waals surface area contributed by atoms with E-state index in [9.17, 15) is 0 Å². The van der Waals surface area contributed by atoms with Crippen molar-refractivity contribution in [3.05, 3.63) is 0 Å². The van der Waals surface area contributed by atoms with Gasteiger partial charge in [0.2, 0.25) is 0 Å². The third kappa shape index (κ3) is 2.04. The molecule has 1 fully saturated rings. The Hall–Kier alpha value is -0.530. The van der Waals surface area contributed by atoms with Crippen LogP contribution in [0.4, 0.5) is 0 Å². The van der Waals surface area contributed by atoms with Crippen LogP contribution in [-0.2, 0) is 0 Å². The Morgan fingerprint density at radius 2 is 1.56 bits per heavy atom. The standard InChI is InChI=1S/C7H14N2/c8-9-7-5-3-1-2-4-6-7/h1-6,8H2. The first-order chi connectivity index (χ1) is 4.43. The molecule has 52 valence electrons. The molecule has 1 aliphatic carbocycles. The molecule has 2 N–H and O–H groups in total. The summed E-state index contributed by atoms with van der Waals surface area (Å²) in [4.78, 5) is 0. The summed E-state index contributed by atoms with van der Waals surface area (Å²) in [5, 5.41) is 3.72. The molecule has 0 aromatic rings. The molecule has 0 spiro atoms. The van der Waals surface area contributed by atoms with Crippen LogP contribution in [0.2, 0.25) is 0 Å². The molecular formula is C7H14N2. The van der Waals surface area contributed by atoms with Gasteiger partial charge in [-0.1, -0.05) is 12.8 Å². The van der Waals surface area contributed by atoms with E-state index in [1.54, 1.807) is 0 Å². The second-order valence-corrected chi connectivity index (χ2v) is 2.61. The minimum Gasteiger partial charge on any atom is -0.323 e. The lowest BCUT2D eigenvalue weighted by molar-refractivity contribution is 0.702. The summed E-state index contributed by atoms with van der Waals surface area (Å²) in [6.45, 7) is 0. The van der Waals surface area contributed by atoms with Crippen LogP contribution >= 0.6 is 0 Å². The predicted octanol–water partition coefficient (Wildman–Crippen LogP) is 1.66. The number of hydrogen-bond donors (Lipinski definition) is 1. The number of nitrogens with zero attached hydrogens (tertiary/aromatic N) is 1. The third-order valence-corrected chi connectivity index (χ3v) is 1.86. The summed E-state index contributed by atoms with van der Waals surface area (Å²) in [7, 11) is 0. The third-order valence-electron chi connectivity index (χ3n) is 1.86. The quantitative estimate of drug-likeness (QED) is 0.299. The second-order valence-electron chi connectivity index (χ2n) is 2.61. The van der Waals surface area contributed by atoms with Crippen molar-refractivity contribution in [2.45, 2.75) is 38.5 Å². The molecule has 1 saturated carbocycles. The van der Waals surface area contributed by atoms with Gasteiger partial charge in [0.25, 0.3) is 0 Å². The van der Waals surface area contributed by atoms with Gasteiger partial charge in [-0.15, -0.1) is 0 Å². The molecular weight excluding hydrogens is 112 g/mol. The molecule has 0 aromatic heterocycles. The zero-order chi connectivity index (χ0) is 6.53. The van der Waals surface area contributed by atoms with Gasteiger partial charge < -0.3 is 5.84 Å². The fourth-order valence-electron chi connectivity index (χ4n) is 1.27. The molecule has 2 nitrogen and oxygen atoms in total. The van der Waals surface area contributed by atoms with Gasteiger partial charge in [0.1, 0.15) is 0 Å². The van der Waals surface area contributed by atoms with E-state index in [0.717, 1.165) is 12.8 Å². The lowest BCUT2D eigenvalue weighted by atomic mass is 10.2. The fraction of sp³-hybridized carbons (Fsp3) is 0.857. The van der Waals surface area contributed by atoms with Gasteiger partial charge in [0.15, 0.2) is 0 Å². The van der Waals surface area contributed by atoms with E-state index < -0.39 is 0 Å². The fourth-order valence-corrected chi connectivity index (χ4v) is 1.27. The summed E-state index contributed by atoms with van der Waals surface area (Å²) in [6, 6.07) is 0. The maximum atomic E-state index is 5.16. The van der Waals surface area contributed by atoms with Gasteiger partial charge in [0, 0.05) is 5.71 Å². The van der Waals surface area contributed by atoms with Crippen LogP contribution in [0.3, 0.4) is 0 Å². The van der Waals surface area contributed by atoms with E-state index in [0.29, 0.717) is 0 Å². The number of rotatable bonds is 0. The molecule has 0 amide bonds. The highest BCUT2D eigenvalue weighted by molar-refractivity contribution is 5.84. The molecule has 1 rings (SSSR count). The van der Waals surface area contributed by atoms with E-state index >= 15 is 0 Å². The lowest BCUT2D eigenvalue weighted by Gasteiger charge is -1.95. The van der Waals surface area contributed by atoms with Gasteiger partial charge in [-0.3, -0.25) is 0 Å². The molecule has 0 heterocycles. The number of hydrazone groups is 1. The molecule has 0 bridgehead atoms. The highest BCUT2D eigenvalue weighted by atomic mass is 15.1. The Morgan fingerprint density at radius 1 is 1.00 bits per heavy atom. The van der Waals surface area contributed by atoms with Gasteiger partial charge in [-0.2, -0.15) is 5.10 Å². The summed E-state index contributed by atoms with van der Waals surface area (Å²) in [6.07, 6.45) is 7.57. The van der Waals surface area contributed by atoms with Crippen molar-refractivity contribution in [2.24, 2.45) is 10.9 Å². The van der Waals surface area contributed by atoms with E-state index in [2.05, 4.69) is 5.10 Å². The van der Waals surface area contributed by atoms with Crippen LogP contribution < -0.4 is 5.84 Å². The lowest BCUT2D eigenvalue weighted by Crippen LogP contribution is -1.99. The molecule has 0 radical (unpaired) electrons. The summed E-state index contributed by atoms with van der Waals surface area (Å²) < 4.78 is 0. The summed E-state index contributed by atoms with van der Waals surface area (Å²) >= 11 is 0. The normalized spacial score (nSPS) is 21.1. The smallest absolute Gasteiger partial charge is 0.0375 e. The van der Waals surface area contributed by atoms with Crippen LogP contribution in [0.5, 0.6) is 0 Å². The summed E-state index contributed by atoms with van der Waals surface area (Å²) in [5.74, 6) is 5.16. The Kier molecular flexibility index (Phi) is 2.55. The van der Waals surface area contributed by atoms with Gasteiger partial charge >= 0.3 is 0 Å². The maximum Gasteiger partial charge on any atom is 0.0375 e. The van der Waals surface area contributed by atoms with Crippen molar-refractivity contribution < 1.29 is 0 Å². The monoisotopic (exact) mass is 126 g/mol. The molecule has 0 unspecified atom stereocenters. The van der Waals surface area contributed by atoms with E-state index in [4.69, 9.17) is 5.84 Å². The number of nitrogens with two attached hydrogens (primary N) is 1. The zero-order valence-corrected chi connectivity index (χ0v) is 5.77. The van der Waals surface area contributed by atoms with E-state index in [1.165, 1.54) is 31.4 Å². The van der Waals surface area contributed by atoms with Crippen LogP contribution in [0.25, 0.3) is 0 Å². The predicted molar refractivity (Wildman–Crippen MR) is 39.3 cm³/mol. The van der Waals surface area contributed by atoms with Crippen LogP contribution in [0.15, 0.2) is 5.10 Å².